The second-order valence-electron chi connectivity index (χ2n) is 7.30. The normalized spacial score (nSPS) is 20.5. The third-order valence-electron chi connectivity index (χ3n) is 4.27. The van der Waals surface area contributed by atoms with E-state index in [1.54, 1.807) is 5.57 Å². The largest absolute Gasteiger partial charge is 0.0836 e. The van der Waals surface area contributed by atoms with E-state index in [4.69, 9.17) is 0 Å². The van der Waals surface area contributed by atoms with Gasteiger partial charge in [0.15, 0.2) is 0 Å². The lowest BCUT2D eigenvalue weighted by Gasteiger charge is -2.20. The molecule has 0 aromatic rings. The van der Waals surface area contributed by atoms with Gasteiger partial charge in [-0.15, -0.1) is 0 Å². The maximum atomic E-state index is 2.36. The lowest BCUT2D eigenvalue weighted by molar-refractivity contribution is 0.535. The van der Waals surface area contributed by atoms with Crippen molar-refractivity contribution in [3.63, 3.8) is 0 Å². The van der Waals surface area contributed by atoms with Gasteiger partial charge >= 0.3 is 0 Å². The number of rotatable bonds is 2. The molecule has 0 saturated heterocycles. The third-order valence-corrected chi connectivity index (χ3v) is 4.27. The summed E-state index contributed by atoms with van der Waals surface area (Å²) < 4.78 is 0. The lowest BCUT2D eigenvalue weighted by atomic mass is 9.84. The first-order valence-electron chi connectivity index (χ1n) is 9.26. The van der Waals surface area contributed by atoms with Crippen LogP contribution in [-0.4, -0.2) is 0 Å². The molecule has 0 radical (unpaired) electrons. The molecular weight excluding hydrogens is 264 g/mol. The maximum Gasteiger partial charge on any atom is -0.0159 e. The first-order valence-corrected chi connectivity index (χ1v) is 9.26. The molecule has 0 heterocycles. The van der Waals surface area contributed by atoms with Crippen LogP contribution in [0.1, 0.15) is 79.6 Å². The fourth-order valence-electron chi connectivity index (χ4n) is 3.26. The average molecular weight is 301 g/mol. The van der Waals surface area contributed by atoms with Gasteiger partial charge in [0, 0.05) is 0 Å². The molecule has 0 amide bonds. The van der Waals surface area contributed by atoms with Gasteiger partial charge in [-0.3, -0.25) is 0 Å². The van der Waals surface area contributed by atoms with Crippen LogP contribution < -0.4 is 0 Å². The van der Waals surface area contributed by atoms with Gasteiger partial charge in [-0.25, -0.2) is 0 Å². The van der Waals surface area contributed by atoms with E-state index in [-0.39, 0.29) is 0 Å². The average Bonchev–Trinajstić information content (AvgIpc) is 2.84. The molecule has 1 fully saturated rings. The SMILES string of the molecule is C/C=C(\C1=C(C)C=CCC=C1)C1CCCCCC1.CC(C)C. The Bertz CT molecular complexity index is 418. The van der Waals surface area contributed by atoms with Crippen LogP contribution in [0.4, 0.5) is 0 Å². The van der Waals surface area contributed by atoms with Crippen molar-refractivity contribution in [2.75, 3.05) is 0 Å². The Kier molecular flexibility index (Phi) is 9.20. The van der Waals surface area contributed by atoms with Crippen LogP contribution in [-0.2, 0) is 0 Å². The van der Waals surface area contributed by atoms with Gasteiger partial charge in [-0.2, -0.15) is 0 Å². The predicted molar refractivity (Wildman–Crippen MR) is 101 cm³/mol. The summed E-state index contributed by atoms with van der Waals surface area (Å²) in [6, 6.07) is 0. The number of hydrogen-bond donors (Lipinski definition) is 0. The molecule has 124 valence electrons. The van der Waals surface area contributed by atoms with Crippen LogP contribution in [0.2, 0.25) is 0 Å². The van der Waals surface area contributed by atoms with Crippen molar-refractivity contribution in [2.24, 2.45) is 11.8 Å². The van der Waals surface area contributed by atoms with Crippen LogP contribution >= 0.6 is 0 Å². The Morgan fingerprint density at radius 3 is 2.09 bits per heavy atom. The molecule has 0 aromatic heterocycles. The van der Waals surface area contributed by atoms with Crippen molar-refractivity contribution in [1.29, 1.82) is 0 Å². The highest BCUT2D eigenvalue weighted by Gasteiger charge is 2.19. The van der Waals surface area contributed by atoms with E-state index in [9.17, 15) is 0 Å². The minimum Gasteiger partial charge on any atom is -0.0836 e. The molecule has 2 rings (SSSR count). The Morgan fingerprint density at radius 1 is 1.00 bits per heavy atom. The highest BCUT2D eigenvalue weighted by atomic mass is 14.2. The van der Waals surface area contributed by atoms with E-state index in [1.807, 2.05) is 0 Å². The van der Waals surface area contributed by atoms with Crippen molar-refractivity contribution in [1.82, 2.24) is 0 Å². The summed E-state index contributed by atoms with van der Waals surface area (Å²) in [5.41, 5.74) is 4.51. The van der Waals surface area contributed by atoms with Gasteiger partial charge in [-0.1, -0.05) is 76.8 Å². The molecule has 0 heteroatoms. The molecule has 0 aromatic carbocycles. The van der Waals surface area contributed by atoms with E-state index in [2.05, 4.69) is 65.0 Å². The molecule has 0 unspecified atom stereocenters. The summed E-state index contributed by atoms with van der Waals surface area (Å²) in [5.74, 6) is 1.62. The molecule has 0 spiro atoms. The van der Waals surface area contributed by atoms with Gasteiger partial charge in [-0.05, 0) is 61.7 Å². The highest BCUT2D eigenvalue weighted by molar-refractivity contribution is 5.48. The van der Waals surface area contributed by atoms with Crippen LogP contribution in [0, 0.1) is 11.8 Å². The van der Waals surface area contributed by atoms with Crippen molar-refractivity contribution in [2.45, 2.75) is 79.6 Å². The van der Waals surface area contributed by atoms with Crippen LogP contribution in [0.15, 0.2) is 47.1 Å². The number of allylic oxidation sites excluding steroid dienone is 8. The smallest absolute Gasteiger partial charge is 0.0159 e. The third kappa shape index (κ3) is 6.81. The second kappa shape index (κ2) is 10.6. The topological polar surface area (TPSA) is 0 Å². The van der Waals surface area contributed by atoms with Crippen molar-refractivity contribution >= 4 is 0 Å². The van der Waals surface area contributed by atoms with Crippen molar-refractivity contribution < 1.29 is 0 Å². The van der Waals surface area contributed by atoms with E-state index in [1.165, 1.54) is 49.7 Å². The zero-order valence-electron chi connectivity index (χ0n) is 15.5. The Balaban J connectivity index is 0.000000541. The van der Waals surface area contributed by atoms with Crippen LogP contribution in [0.3, 0.4) is 0 Å². The predicted octanol–water partition coefficient (Wildman–Crippen LogP) is 7.40. The van der Waals surface area contributed by atoms with Gasteiger partial charge < -0.3 is 0 Å². The summed E-state index contributed by atoms with van der Waals surface area (Å²) >= 11 is 0. The van der Waals surface area contributed by atoms with E-state index >= 15 is 0 Å². The standard InChI is InChI=1S/C18H26.C4H10/c1-3-17(16-12-8-4-5-9-13-16)18-14-10-6-7-11-15(18)2;1-4(2)3/h3,7,10-11,14,16H,4-6,8-9,12-13H2,1-2H3;4H,1-3H3/b17-3-;. The molecule has 22 heavy (non-hydrogen) atoms. The van der Waals surface area contributed by atoms with Gasteiger partial charge in [0.25, 0.3) is 0 Å². The van der Waals surface area contributed by atoms with E-state index in [0.29, 0.717) is 0 Å². The fraction of sp³-hybridized carbons (Fsp3) is 0.636. The Morgan fingerprint density at radius 2 is 1.55 bits per heavy atom. The van der Waals surface area contributed by atoms with Crippen LogP contribution in [0.5, 0.6) is 0 Å². The first kappa shape index (κ1) is 19.0. The summed E-state index contributed by atoms with van der Waals surface area (Å²) in [5, 5.41) is 0. The molecule has 1 saturated carbocycles. The summed E-state index contributed by atoms with van der Waals surface area (Å²) in [7, 11) is 0. The quantitative estimate of drug-likeness (QED) is 0.466. The van der Waals surface area contributed by atoms with Gasteiger partial charge in [0.1, 0.15) is 0 Å². The zero-order chi connectivity index (χ0) is 16.4. The molecule has 2 aliphatic rings. The maximum absolute atomic E-state index is 2.36. The molecule has 2 aliphatic carbocycles. The molecule has 0 N–H and O–H groups in total. The Labute approximate surface area is 139 Å². The molecular formula is C22H36. The van der Waals surface area contributed by atoms with Crippen molar-refractivity contribution in [3.05, 3.63) is 47.1 Å². The fourth-order valence-corrected chi connectivity index (χ4v) is 3.26. The van der Waals surface area contributed by atoms with Crippen LogP contribution in [0.25, 0.3) is 0 Å². The molecule has 0 nitrogen and oxygen atoms in total. The first-order chi connectivity index (χ1) is 10.6. The van der Waals surface area contributed by atoms with Gasteiger partial charge in [0.2, 0.25) is 0 Å². The van der Waals surface area contributed by atoms with Crippen molar-refractivity contribution in [3.8, 4) is 0 Å². The van der Waals surface area contributed by atoms with Gasteiger partial charge in [0.05, 0.1) is 0 Å². The minimum atomic E-state index is 0.790. The lowest BCUT2D eigenvalue weighted by Crippen LogP contribution is -2.06. The summed E-state index contributed by atoms with van der Waals surface area (Å²) in [6.07, 6.45) is 21.1. The Hall–Kier alpha value is -1.04. The monoisotopic (exact) mass is 300 g/mol. The van der Waals surface area contributed by atoms with E-state index < -0.39 is 0 Å². The summed E-state index contributed by atoms with van der Waals surface area (Å²) in [6.45, 7) is 11.0. The molecule has 0 bridgehead atoms. The minimum absolute atomic E-state index is 0.790. The summed E-state index contributed by atoms with van der Waals surface area (Å²) in [4.78, 5) is 0. The highest BCUT2D eigenvalue weighted by Crippen LogP contribution is 2.34. The zero-order valence-corrected chi connectivity index (χ0v) is 15.5. The number of hydrogen-bond acceptors (Lipinski definition) is 0. The second-order valence-corrected chi connectivity index (χ2v) is 7.30. The molecule has 0 atom stereocenters. The molecule has 0 aliphatic heterocycles. The van der Waals surface area contributed by atoms with E-state index in [0.717, 1.165) is 18.3 Å².